The fourth-order valence-corrected chi connectivity index (χ4v) is 1.90. The average molecular weight is 312 g/mol. The number of hydrogen-bond donors (Lipinski definition) is 3. The second kappa shape index (κ2) is 6.45. The van der Waals surface area contributed by atoms with Crippen molar-refractivity contribution in [2.75, 3.05) is 5.32 Å². The van der Waals surface area contributed by atoms with Gasteiger partial charge < -0.3 is 16.4 Å². The van der Waals surface area contributed by atoms with Crippen molar-refractivity contribution in [1.29, 1.82) is 0 Å². The standard InChI is InChI=1S/C15H21N3O2.ClH/c1-9(2)17-13(19)12-8-11(5-4-10(12)3)18-14(20)15(16)6-7-15;/h4-5,8-9H,6-7,16H2,1-3H3,(H,17,19)(H,18,20);1H. The number of halogens is 1. The van der Waals surface area contributed by atoms with E-state index in [4.69, 9.17) is 5.73 Å². The number of nitrogens with two attached hydrogens (primary N) is 1. The summed E-state index contributed by atoms with van der Waals surface area (Å²) < 4.78 is 0. The third kappa shape index (κ3) is 4.19. The van der Waals surface area contributed by atoms with Gasteiger partial charge in [-0.3, -0.25) is 9.59 Å². The number of carbonyl (C=O) groups is 2. The number of hydrogen-bond acceptors (Lipinski definition) is 3. The normalized spacial score (nSPS) is 15.1. The maximum Gasteiger partial charge on any atom is 0.251 e. The molecule has 0 bridgehead atoms. The molecule has 5 nitrogen and oxygen atoms in total. The summed E-state index contributed by atoms with van der Waals surface area (Å²) in [7, 11) is 0. The van der Waals surface area contributed by atoms with Gasteiger partial charge >= 0.3 is 0 Å². The Balaban J connectivity index is 0.00000220. The minimum atomic E-state index is -0.717. The lowest BCUT2D eigenvalue weighted by Crippen LogP contribution is -2.38. The minimum absolute atomic E-state index is 0. The lowest BCUT2D eigenvalue weighted by atomic mass is 10.1. The predicted molar refractivity (Wildman–Crippen MR) is 85.8 cm³/mol. The monoisotopic (exact) mass is 311 g/mol. The van der Waals surface area contributed by atoms with Crippen LogP contribution in [0.1, 0.15) is 42.6 Å². The van der Waals surface area contributed by atoms with Gasteiger partial charge in [0.2, 0.25) is 5.91 Å². The fraction of sp³-hybridized carbons (Fsp3) is 0.467. The van der Waals surface area contributed by atoms with E-state index < -0.39 is 5.54 Å². The maximum absolute atomic E-state index is 12.1. The van der Waals surface area contributed by atoms with E-state index in [1.807, 2.05) is 26.8 Å². The van der Waals surface area contributed by atoms with Crippen LogP contribution >= 0.6 is 12.4 Å². The van der Waals surface area contributed by atoms with Gasteiger partial charge in [0.05, 0.1) is 5.54 Å². The quantitative estimate of drug-likeness (QED) is 0.795. The van der Waals surface area contributed by atoms with E-state index in [0.29, 0.717) is 24.1 Å². The molecule has 2 rings (SSSR count). The molecule has 0 saturated heterocycles. The summed E-state index contributed by atoms with van der Waals surface area (Å²) in [4.78, 5) is 24.0. The molecule has 1 aliphatic rings. The Labute approximate surface area is 131 Å². The van der Waals surface area contributed by atoms with Crippen LogP contribution in [-0.2, 0) is 4.79 Å². The lowest BCUT2D eigenvalue weighted by molar-refractivity contribution is -0.118. The van der Waals surface area contributed by atoms with Crippen LogP contribution in [0.4, 0.5) is 5.69 Å². The molecule has 0 aromatic heterocycles. The number of anilines is 1. The first kappa shape index (κ1) is 17.5. The molecule has 1 aromatic rings. The van der Waals surface area contributed by atoms with E-state index in [9.17, 15) is 9.59 Å². The van der Waals surface area contributed by atoms with Crippen molar-refractivity contribution in [3.05, 3.63) is 29.3 Å². The second-order valence-corrected chi connectivity index (χ2v) is 5.77. The zero-order valence-electron chi connectivity index (χ0n) is 12.5. The zero-order valence-corrected chi connectivity index (χ0v) is 13.3. The maximum atomic E-state index is 12.1. The Hall–Kier alpha value is -1.59. The SMILES string of the molecule is Cc1ccc(NC(=O)C2(N)CC2)cc1C(=O)NC(C)C.Cl. The van der Waals surface area contributed by atoms with Gasteiger partial charge in [-0.2, -0.15) is 0 Å². The summed E-state index contributed by atoms with van der Waals surface area (Å²) in [6.45, 7) is 5.68. The molecule has 1 aliphatic carbocycles. The van der Waals surface area contributed by atoms with Crippen LogP contribution in [0.15, 0.2) is 18.2 Å². The summed E-state index contributed by atoms with van der Waals surface area (Å²) >= 11 is 0. The fourth-order valence-electron chi connectivity index (χ4n) is 1.90. The third-order valence-electron chi connectivity index (χ3n) is 3.40. The molecule has 1 saturated carbocycles. The molecule has 0 radical (unpaired) electrons. The molecule has 1 fully saturated rings. The molecule has 21 heavy (non-hydrogen) atoms. The predicted octanol–water partition coefficient (Wildman–Crippen LogP) is 1.98. The Morgan fingerprint density at radius 1 is 1.29 bits per heavy atom. The van der Waals surface area contributed by atoms with E-state index >= 15 is 0 Å². The highest BCUT2D eigenvalue weighted by atomic mass is 35.5. The Kier molecular flexibility index (Phi) is 5.36. The van der Waals surface area contributed by atoms with Crippen molar-refractivity contribution in [3.63, 3.8) is 0 Å². The molecule has 116 valence electrons. The van der Waals surface area contributed by atoms with Crippen molar-refractivity contribution in [3.8, 4) is 0 Å². The first-order chi connectivity index (χ1) is 9.32. The number of amides is 2. The number of carbonyl (C=O) groups excluding carboxylic acids is 2. The zero-order chi connectivity index (χ0) is 14.9. The molecule has 0 heterocycles. The summed E-state index contributed by atoms with van der Waals surface area (Å²) in [6, 6.07) is 5.36. The molecule has 2 amide bonds. The van der Waals surface area contributed by atoms with Crippen LogP contribution < -0.4 is 16.4 Å². The van der Waals surface area contributed by atoms with Gasteiger partial charge in [-0.25, -0.2) is 0 Å². The lowest BCUT2D eigenvalue weighted by Gasteiger charge is -2.14. The van der Waals surface area contributed by atoms with Crippen LogP contribution in [0.5, 0.6) is 0 Å². The number of aryl methyl sites for hydroxylation is 1. The molecule has 4 N–H and O–H groups in total. The molecule has 1 aromatic carbocycles. The summed E-state index contributed by atoms with van der Waals surface area (Å²) in [6.07, 6.45) is 1.43. The van der Waals surface area contributed by atoms with Crippen LogP contribution in [0.3, 0.4) is 0 Å². The van der Waals surface area contributed by atoms with Crippen molar-refractivity contribution >= 4 is 29.9 Å². The van der Waals surface area contributed by atoms with Crippen molar-refractivity contribution < 1.29 is 9.59 Å². The highest BCUT2D eigenvalue weighted by molar-refractivity contribution is 6.02. The molecular formula is C15H22ClN3O2. The number of nitrogens with one attached hydrogen (secondary N) is 2. The van der Waals surface area contributed by atoms with E-state index in [-0.39, 0.29) is 30.3 Å². The van der Waals surface area contributed by atoms with Crippen LogP contribution in [0, 0.1) is 6.92 Å². The molecule has 0 atom stereocenters. The topological polar surface area (TPSA) is 84.2 Å². The highest BCUT2D eigenvalue weighted by Gasteiger charge is 2.45. The molecule has 6 heteroatoms. The minimum Gasteiger partial charge on any atom is -0.350 e. The van der Waals surface area contributed by atoms with Gasteiger partial charge in [-0.15, -0.1) is 12.4 Å². The highest BCUT2D eigenvalue weighted by Crippen LogP contribution is 2.33. The van der Waals surface area contributed by atoms with E-state index in [0.717, 1.165) is 5.56 Å². The third-order valence-corrected chi connectivity index (χ3v) is 3.40. The summed E-state index contributed by atoms with van der Waals surface area (Å²) in [5.41, 5.74) is 7.16. The Morgan fingerprint density at radius 2 is 1.90 bits per heavy atom. The average Bonchev–Trinajstić information content (AvgIpc) is 3.10. The molecule has 0 unspecified atom stereocenters. The van der Waals surface area contributed by atoms with Crippen molar-refractivity contribution in [2.24, 2.45) is 5.73 Å². The first-order valence-electron chi connectivity index (χ1n) is 6.84. The van der Waals surface area contributed by atoms with Gasteiger partial charge in [-0.05, 0) is 51.3 Å². The van der Waals surface area contributed by atoms with Crippen LogP contribution in [0.2, 0.25) is 0 Å². The largest absolute Gasteiger partial charge is 0.350 e. The molecule has 0 aliphatic heterocycles. The molecule has 0 spiro atoms. The van der Waals surface area contributed by atoms with Gasteiger partial charge in [0, 0.05) is 17.3 Å². The van der Waals surface area contributed by atoms with E-state index in [2.05, 4.69) is 10.6 Å². The number of benzene rings is 1. The van der Waals surface area contributed by atoms with Crippen molar-refractivity contribution in [1.82, 2.24) is 5.32 Å². The van der Waals surface area contributed by atoms with Gasteiger partial charge in [0.25, 0.3) is 5.91 Å². The first-order valence-corrected chi connectivity index (χ1v) is 6.84. The smallest absolute Gasteiger partial charge is 0.251 e. The summed E-state index contributed by atoms with van der Waals surface area (Å²) in [5, 5.41) is 5.62. The van der Waals surface area contributed by atoms with Crippen LogP contribution in [0.25, 0.3) is 0 Å². The van der Waals surface area contributed by atoms with Gasteiger partial charge in [0.15, 0.2) is 0 Å². The van der Waals surface area contributed by atoms with Gasteiger partial charge in [-0.1, -0.05) is 6.07 Å². The van der Waals surface area contributed by atoms with Crippen molar-refractivity contribution in [2.45, 2.75) is 45.2 Å². The number of rotatable bonds is 4. The Morgan fingerprint density at radius 3 is 2.43 bits per heavy atom. The van der Waals surface area contributed by atoms with E-state index in [1.54, 1.807) is 12.1 Å². The molecular weight excluding hydrogens is 290 g/mol. The second-order valence-electron chi connectivity index (χ2n) is 5.77. The van der Waals surface area contributed by atoms with Crippen LogP contribution in [-0.4, -0.2) is 23.4 Å². The van der Waals surface area contributed by atoms with E-state index in [1.165, 1.54) is 0 Å². The Bertz CT molecular complexity index is 554. The summed E-state index contributed by atoms with van der Waals surface area (Å²) in [5.74, 6) is -0.320. The van der Waals surface area contributed by atoms with Gasteiger partial charge in [0.1, 0.15) is 0 Å².